The summed E-state index contributed by atoms with van der Waals surface area (Å²) in [5, 5.41) is 9.67. The third-order valence-corrected chi connectivity index (χ3v) is 4.81. The Morgan fingerprint density at radius 3 is 2.90 bits per heavy atom. The summed E-state index contributed by atoms with van der Waals surface area (Å²) in [7, 11) is 0. The monoisotopic (exact) mass is 310 g/mol. The van der Waals surface area contributed by atoms with E-state index in [0.29, 0.717) is 0 Å². The lowest BCUT2D eigenvalue weighted by Gasteiger charge is -2.17. The molecule has 1 aromatic carbocycles. The van der Waals surface area contributed by atoms with Gasteiger partial charge in [0.05, 0.1) is 16.8 Å². The molecule has 0 saturated heterocycles. The molecule has 0 bridgehead atoms. The lowest BCUT2D eigenvalue weighted by Crippen LogP contribution is -2.10. The maximum absolute atomic E-state index is 10.8. The van der Waals surface area contributed by atoms with Gasteiger partial charge in [-0.1, -0.05) is 23.9 Å². The zero-order valence-corrected chi connectivity index (χ0v) is 13.4. The average molecular weight is 310 g/mol. The van der Waals surface area contributed by atoms with Crippen LogP contribution >= 0.6 is 23.5 Å². The highest BCUT2D eigenvalue weighted by Crippen LogP contribution is 2.30. The van der Waals surface area contributed by atoms with Gasteiger partial charge in [-0.15, -0.1) is 0 Å². The van der Waals surface area contributed by atoms with Crippen LogP contribution in [0.2, 0.25) is 0 Å². The SMILES string of the molecule is CSCC(C)n1c(SCC(=O)O)nc2cccc(C)c21. The van der Waals surface area contributed by atoms with E-state index >= 15 is 0 Å². The summed E-state index contributed by atoms with van der Waals surface area (Å²) in [6.07, 6.45) is 2.08. The Morgan fingerprint density at radius 2 is 2.25 bits per heavy atom. The normalized spacial score (nSPS) is 12.8. The van der Waals surface area contributed by atoms with E-state index in [-0.39, 0.29) is 11.8 Å². The van der Waals surface area contributed by atoms with E-state index in [9.17, 15) is 4.79 Å². The highest BCUT2D eigenvalue weighted by atomic mass is 32.2. The third kappa shape index (κ3) is 3.12. The van der Waals surface area contributed by atoms with Gasteiger partial charge in [0, 0.05) is 11.8 Å². The van der Waals surface area contributed by atoms with Crippen molar-refractivity contribution in [2.24, 2.45) is 0 Å². The Labute approximate surface area is 127 Å². The molecule has 2 aromatic rings. The number of aromatic nitrogens is 2. The molecule has 1 aromatic heterocycles. The largest absolute Gasteiger partial charge is 0.481 e. The topological polar surface area (TPSA) is 55.1 Å². The standard InChI is InChI=1S/C14H18N2O2S2/c1-9-5-4-6-11-13(9)16(10(2)7-19-3)14(15-11)20-8-12(17)18/h4-6,10H,7-8H2,1-3H3,(H,17,18). The van der Waals surface area contributed by atoms with Crippen molar-refractivity contribution in [1.82, 2.24) is 9.55 Å². The van der Waals surface area contributed by atoms with E-state index in [2.05, 4.69) is 35.7 Å². The van der Waals surface area contributed by atoms with Crippen LogP contribution in [-0.4, -0.2) is 38.4 Å². The smallest absolute Gasteiger partial charge is 0.313 e. The molecule has 4 nitrogen and oxygen atoms in total. The van der Waals surface area contributed by atoms with Gasteiger partial charge < -0.3 is 9.67 Å². The molecule has 20 heavy (non-hydrogen) atoms. The molecule has 108 valence electrons. The fourth-order valence-electron chi connectivity index (χ4n) is 2.25. The van der Waals surface area contributed by atoms with Crippen LogP contribution in [0.15, 0.2) is 23.4 Å². The molecule has 6 heteroatoms. The third-order valence-electron chi connectivity index (χ3n) is 3.05. The predicted octanol–water partition coefficient (Wildman–Crippen LogP) is 3.45. The summed E-state index contributed by atoms with van der Waals surface area (Å²) < 4.78 is 2.18. The minimum atomic E-state index is -0.817. The molecule has 1 heterocycles. The molecule has 2 rings (SSSR count). The van der Waals surface area contributed by atoms with Crippen molar-refractivity contribution in [3.05, 3.63) is 23.8 Å². The molecule has 0 radical (unpaired) electrons. The van der Waals surface area contributed by atoms with E-state index < -0.39 is 5.97 Å². The summed E-state index contributed by atoms with van der Waals surface area (Å²) >= 11 is 3.07. The Kier molecular flexibility index (Phi) is 4.99. The van der Waals surface area contributed by atoms with Crippen LogP contribution in [0, 0.1) is 6.92 Å². The molecule has 1 atom stereocenters. The van der Waals surface area contributed by atoms with Crippen molar-refractivity contribution in [3.8, 4) is 0 Å². The number of benzene rings is 1. The van der Waals surface area contributed by atoms with Gasteiger partial charge in [0.15, 0.2) is 5.16 Å². The average Bonchev–Trinajstić information content (AvgIpc) is 2.76. The number of carbonyl (C=O) groups is 1. The van der Waals surface area contributed by atoms with Crippen LogP contribution in [0.1, 0.15) is 18.5 Å². The van der Waals surface area contributed by atoms with Gasteiger partial charge in [0.2, 0.25) is 0 Å². The van der Waals surface area contributed by atoms with Crippen LogP contribution in [0.5, 0.6) is 0 Å². The lowest BCUT2D eigenvalue weighted by molar-refractivity contribution is -0.133. The second-order valence-corrected chi connectivity index (χ2v) is 6.55. The number of carboxylic acids is 1. The zero-order valence-electron chi connectivity index (χ0n) is 11.8. The van der Waals surface area contributed by atoms with Crippen molar-refractivity contribution in [2.45, 2.75) is 25.0 Å². The van der Waals surface area contributed by atoms with Crippen molar-refractivity contribution in [2.75, 3.05) is 17.8 Å². The molecular weight excluding hydrogens is 292 g/mol. The molecule has 0 amide bonds. The van der Waals surface area contributed by atoms with Gasteiger partial charge in [-0.3, -0.25) is 4.79 Å². The first-order valence-electron chi connectivity index (χ1n) is 6.35. The van der Waals surface area contributed by atoms with Crippen LogP contribution in [-0.2, 0) is 4.79 Å². The van der Waals surface area contributed by atoms with Crippen molar-refractivity contribution in [3.63, 3.8) is 0 Å². The van der Waals surface area contributed by atoms with E-state index in [1.165, 1.54) is 17.3 Å². The molecule has 0 saturated carbocycles. The molecule has 0 aliphatic carbocycles. The van der Waals surface area contributed by atoms with Crippen molar-refractivity contribution in [1.29, 1.82) is 0 Å². The van der Waals surface area contributed by atoms with Gasteiger partial charge in [0.25, 0.3) is 0 Å². The zero-order chi connectivity index (χ0) is 14.7. The Bertz CT molecular complexity index is 625. The second kappa shape index (κ2) is 6.54. The molecule has 0 aliphatic rings. The first-order valence-corrected chi connectivity index (χ1v) is 8.73. The number of nitrogens with zero attached hydrogens (tertiary/aromatic N) is 2. The fourth-order valence-corrected chi connectivity index (χ4v) is 3.71. The van der Waals surface area contributed by atoms with Gasteiger partial charge >= 0.3 is 5.97 Å². The van der Waals surface area contributed by atoms with Crippen molar-refractivity contribution >= 4 is 40.5 Å². The number of imidazole rings is 1. The molecule has 1 N–H and O–H groups in total. The second-order valence-electron chi connectivity index (χ2n) is 4.69. The van der Waals surface area contributed by atoms with Crippen LogP contribution in [0.4, 0.5) is 0 Å². The number of rotatable bonds is 6. The maximum Gasteiger partial charge on any atom is 0.313 e. The number of hydrogen-bond acceptors (Lipinski definition) is 4. The van der Waals surface area contributed by atoms with E-state index in [1.807, 2.05) is 12.1 Å². The van der Waals surface area contributed by atoms with Gasteiger partial charge in [-0.25, -0.2) is 4.98 Å². The maximum atomic E-state index is 10.8. The Balaban J connectivity index is 2.51. The summed E-state index contributed by atoms with van der Waals surface area (Å²) in [6.45, 7) is 4.22. The van der Waals surface area contributed by atoms with Gasteiger partial charge in [-0.2, -0.15) is 11.8 Å². The van der Waals surface area contributed by atoms with E-state index in [4.69, 9.17) is 5.11 Å². The van der Waals surface area contributed by atoms with E-state index in [0.717, 1.165) is 21.9 Å². The van der Waals surface area contributed by atoms with Gasteiger partial charge in [-0.05, 0) is 31.7 Å². The quantitative estimate of drug-likeness (QED) is 0.828. The molecular formula is C14H18N2O2S2. The number of thioether (sulfide) groups is 2. The van der Waals surface area contributed by atoms with Crippen LogP contribution in [0.25, 0.3) is 11.0 Å². The van der Waals surface area contributed by atoms with Gasteiger partial charge in [0.1, 0.15) is 0 Å². The highest BCUT2D eigenvalue weighted by Gasteiger charge is 2.18. The lowest BCUT2D eigenvalue weighted by atomic mass is 10.2. The summed E-state index contributed by atoms with van der Waals surface area (Å²) in [4.78, 5) is 15.4. The number of carboxylic acid groups (broad SMARTS) is 1. The molecule has 0 fully saturated rings. The number of aliphatic carboxylic acids is 1. The number of fused-ring (bicyclic) bond motifs is 1. The molecule has 0 spiro atoms. The fraction of sp³-hybridized carbons (Fsp3) is 0.429. The first kappa shape index (κ1) is 15.3. The summed E-state index contributed by atoms with van der Waals surface area (Å²) in [6, 6.07) is 6.32. The van der Waals surface area contributed by atoms with Crippen LogP contribution in [0.3, 0.4) is 0 Å². The Morgan fingerprint density at radius 1 is 1.50 bits per heavy atom. The Hall–Kier alpha value is -1.14. The number of hydrogen-bond donors (Lipinski definition) is 1. The summed E-state index contributed by atoms with van der Waals surface area (Å²) in [5.74, 6) is 0.192. The number of para-hydroxylation sites is 1. The minimum Gasteiger partial charge on any atom is -0.481 e. The van der Waals surface area contributed by atoms with E-state index in [1.54, 1.807) is 11.8 Å². The highest BCUT2D eigenvalue weighted by molar-refractivity contribution is 7.99. The predicted molar refractivity (Wildman–Crippen MR) is 85.9 cm³/mol. The summed E-state index contributed by atoms with van der Waals surface area (Å²) in [5.41, 5.74) is 3.22. The number of aryl methyl sites for hydroxylation is 1. The van der Waals surface area contributed by atoms with Crippen molar-refractivity contribution < 1.29 is 9.90 Å². The van der Waals surface area contributed by atoms with Crippen LogP contribution < -0.4 is 0 Å². The molecule has 0 aliphatic heterocycles. The minimum absolute atomic E-state index is 0.0361. The first-order chi connectivity index (χ1) is 9.54. The molecule has 1 unspecified atom stereocenters.